The van der Waals surface area contributed by atoms with Crippen molar-refractivity contribution < 1.29 is 4.42 Å². The Morgan fingerprint density at radius 3 is 2.13 bits per heavy atom. The number of fused-ring (bicyclic) bond motifs is 9. The van der Waals surface area contributed by atoms with Crippen LogP contribution in [-0.2, 0) is 0 Å². The number of benzene rings is 5. The Morgan fingerprint density at radius 2 is 1.23 bits per heavy atom. The van der Waals surface area contributed by atoms with Crippen LogP contribution in [0.25, 0.3) is 65.4 Å². The molecule has 144 valence electrons. The maximum atomic E-state index is 6.30. The van der Waals surface area contributed by atoms with Gasteiger partial charge in [-0.2, -0.15) is 0 Å². The minimum Gasteiger partial charge on any atom is -0.455 e. The lowest BCUT2D eigenvalue weighted by atomic mass is 9.92. The Bertz CT molecular complexity index is 1760. The van der Waals surface area contributed by atoms with Crippen LogP contribution in [0.1, 0.15) is 0 Å². The second-order valence-corrected chi connectivity index (χ2v) is 8.01. The molecule has 2 heteroatoms. The smallest absolute Gasteiger partial charge is 0.143 e. The zero-order valence-electron chi connectivity index (χ0n) is 16.7. The van der Waals surface area contributed by atoms with Crippen molar-refractivity contribution >= 4 is 54.3 Å². The number of aromatic nitrogens is 1. The van der Waals surface area contributed by atoms with Gasteiger partial charge in [-0.15, -0.1) is 0 Å². The quantitative estimate of drug-likeness (QED) is 0.262. The van der Waals surface area contributed by atoms with E-state index in [0.29, 0.717) is 0 Å². The van der Waals surface area contributed by atoms with E-state index < -0.39 is 0 Å². The Kier molecular flexibility index (Phi) is 3.30. The summed E-state index contributed by atoms with van der Waals surface area (Å²) in [6, 6.07) is 32.1. The molecule has 5 aromatic carbocycles. The summed E-state index contributed by atoms with van der Waals surface area (Å²) >= 11 is 0. The molecule has 0 radical (unpaired) electrons. The van der Waals surface area contributed by atoms with Crippen molar-refractivity contribution in [3.8, 4) is 11.1 Å². The zero-order valence-corrected chi connectivity index (χ0v) is 16.7. The van der Waals surface area contributed by atoms with Gasteiger partial charge in [0, 0.05) is 34.1 Å². The number of furan rings is 1. The van der Waals surface area contributed by atoms with E-state index in [9.17, 15) is 0 Å². The van der Waals surface area contributed by atoms with E-state index >= 15 is 0 Å². The van der Waals surface area contributed by atoms with Gasteiger partial charge in [0.05, 0.1) is 0 Å². The number of pyridine rings is 1. The average Bonchev–Trinajstić information content (AvgIpc) is 3.23. The molecule has 0 aliphatic heterocycles. The van der Waals surface area contributed by atoms with Crippen LogP contribution in [0, 0.1) is 0 Å². The second-order valence-electron chi connectivity index (χ2n) is 8.01. The fourth-order valence-electron chi connectivity index (χ4n) is 4.94. The maximum absolute atomic E-state index is 6.30. The van der Waals surface area contributed by atoms with Crippen molar-refractivity contribution in [1.29, 1.82) is 0 Å². The SMILES string of the molecule is c1ccc2c(c1)oc1c(-c3ccc4c5ccccc5c5cnccc5c4c3)cccc12. The molecule has 0 bridgehead atoms. The lowest BCUT2D eigenvalue weighted by Gasteiger charge is -2.11. The van der Waals surface area contributed by atoms with Crippen molar-refractivity contribution in [1.82, 2.24) is 4.98 Å². The topological polar surface area (TPSA) is 26.0 Å². The molecule has 0 aliphatic rings. The van der Waals surface area contributed by atoms with Crippen LogP contribution in [0.4, 0.5) is 0 Å². The first kappa shape index (κ1) is 16.6. The highest BCUT2D eigenvalue weighted by atomic mass is 16.3. The first-order chi connectivity index (χ1) is 15.4. The van der Waals surface area contributed by atoms with Crippen LogP contribution >= 0.6 is 0 Å². The Balaban J connectivity index is 1.60. The summed E-state index contributed by atoms with van der Waals surface area (Å²) in [7, 11) is 0. The van der Waals surface area contributed by atoms with Gasteiger partial charge in [-0.3, -0.25) is 4.98 Å². The number of hydrogen-bond acceptors (Lipinski definition) is 2. The van der Waals surface area contributed by atoms with Gasteiger partial charge in [-0.05, 0) is 50.7 Å². The van der Waals surface area contributed by atoms with Gasteiger partial charge in [0.1, 0.15) is 11.2 Å². The predicted molar refractivity (Wildman–Crippen MR) is 129 cm³/mol. The van der Waals surface area contributed by atoms with E-state index in [2.05, 4.69) is 83.8 Å². The first-order valence-corrected chi connectivity index (χ1v) is 10.5. The first-order valence-electron chi connectivity index (χ1n) is 10.5. The monoisotopic (exact) mass is 395 g/mol. The molecule has 2 aromatic heterocycles. The highest BCUT2D eigenvalue weighted by Crippen LogP contribution is 2.39. The van der Waals surface area contributed by atoms with Gasteiger partial charge in [0.2, 0.25) is 0 Å². The fourth-order valence-corrected chi connectivity index (χ4v) is 4.94. The van der Waals surface area contributed by atoms with Crippen LogP contribution in [0.2, 0.25) is 0 Å². The molecule has 0 amide bonds. The standard InChI is InChI=1S/C29H17NO/c1-2-7-21-20(6-1)22-13-12-18(16-26(22)23-14-15-30-17-27(21)23)19-9-5-10-25-24-8-3-4-11-28(24)31-29(19)25/h1-17H. The van der Waals surface area contributed by atoms with Gasteiger partial charge in [0.15, 0.2) is 0 Å². The maximum Gasteiger partial charge on any atom is 0.143 e. The molecular weight excluding hydrogens is 378 g/mol. The van der Waals surface area contributed by atoms with E-state index in [4.69, 9.17) is 4.42 Å². The third-order valence-corrected chi connectivity index (χ3v) is 6.35. The molecule has 0 N–H and O–H groups in total. The molecule has 7 rings (SSSR count). The van der Waals surface area contributed by atoms with Crippen LogP contribution in [0.5, 0.6) is 0 Å². The molecule has 0 fully saturated rings. The molecule has 0 saturated heterocycles. The van der Waals surface area contributed by atoms with Crippen LogP contribution in [-0.4, -0.2) is 4.98 Å². The van der Waals surface area contributed by atoms with E-state index in [1.807, 2.05) is 24.5 Å². The summed E-state index contributed by atoms with van der Waals surface area (Å²) in [4.78, 5) is 4.40. The number of hydrogen-bond donors (Lipinski definition) is 0. The summed E-state index contributed by atoms with van der Waals surface area (Å²) in [5.74, 6) is 0. The van der Waals surface area contributed by atoms with Crippen molar-refractivity contribution in [3.05, 3.63) is 103 Å². The van der Waals surface area contributed by atoms with Crippen LogP contribution in [0.15, 0.2) is 108 Å². The van der Waals surface area contributed by atoms with Crippen LogP contribution in [0.3, 0.4) is 0 Å². The molecule has 7 aromatic rings. The largest absolute Gasteiger partial charge is 0.455 e. The second kappa shape index (κ2) is 6.16. The van der Waals surface area contributed by atoms with Crippen molar-refractivity contribution in [3.63, 3.8) is 0 Å². The van der Waals surface area contributed by atoms with Crippen molar-refractivity contribution in [2.75, 3.05) is 0 Å². The van der Waals surface area contributed by atoms with Gasteiger partial charge in [-0.25, -0.2) is 0 Å². The predicted octanol–water partition coefficient (Wildman–Crippen LogP) is 8.11. The highest BCUT2D eigenvalue weighted by molar-refractivity contribution is 6.25. The van der Waals surface area contributed by atoms with Gasteiger partial charge in [-0.1, -0.05) is 72.8 Å². The zero-order chi connectivity index (χ0) is 20.4. The molecule has 2 nitrogen and oxygen atoms in total. The normalized spacial score (nSPS) is 11.9. The molecule has 31 heavy (non-hydrogen) atoms. The Hall–Kier alpha value is -4.17. The Morgan fingerprint density at radius 1 is 0.516 bits per heavy atom. The van der Waals surface area contributed by atoms with E-state index in [1.165, 1.54) is 32.3 Å². The van der Waals surface area contributed by atoms with Crippen molar-refractivity contribution in [2.45, 2.75) is 0 Å². The summed E-state index contributed by atoms with van der Waals surface area (Å²) in [6.07, 6.45) is 3.85. The minimum atomic E-state index is 0.924. The van der Waals surface area contributed by atoms with Crippen LogP contribution < -0.4 is 0 Å². The summed E-state index contributed by atoms with van der Waals surface area (Å²) in [6.45, 7) is 0. The fraction of sp³-hybridized carbons (Fsp3) is 0. The molecule has 0 unspecified atom stereocenters. The number of para-hydroxylation sites is 2. The number of nitrogens with zero attached hydrogens (tertiary/aromatic N) is 1. The molecule has 2 heterocycles. The number of rotatable bonds is 1. The third kappa shape index (κ3) is 2.30. The Labute approximate surface area is 178 Å². The summed E-state index contributed by atoms with van der Waals surface area (Å²) in [5, 5.41) is 9.71. The average molecular weight is 395 g/mol. The highest BCUT2D eigenvalue weighted by Gasteiger charge is 2.14. The van der Waals surface area contributed by atoms with Crippen molar-refractivity contribution in [2.24, 2.45) is 0 Å². The molecule has 0 aliphatic carbocycles. The van der Waals surface area contributed by atoms with Gasteiger partial charge < -0.3 is 4.42 Å². The van der Waals surface area contributed by atoms with E-state index in [0.717, 1.165) is 33.1 Å². The lowest BCUT2D eigenvalue weighted by Crippen LogP contribution is -1.86. The summed E-state index contributed by atoms with van der Waals surface area (Å²) < 4.78 is 6.30. The van der Waals surface area contributed by atoms with E-state index in [-0.39, 0.29) is 0 Å². The van der Waals surface area contributed by atoms with E-state index in [1.54, 1.807) is 0 Å². The van der Waals surface area contributed by atoms with Gasteiger partial charge >= 0.3 is 0 Å². The minimum absolute atomic E-state index is 0.924. The third-order valence-electron chi connectivity index (χ3n) is 6.35. The molecule has 0 spiro atoms. The lowest BCUT2D eigenvalue weighted by molar-refractivity contribution is 0.670. The molecule has 0 atom stereocenters. The van der Waals surface area contributed by atoms with Gasteiger partial charge in [0.25, 0.3) is 0 Å². The molecular formula is C29H17NO. The summed E-state index contributed by atoms with van der Waals surface area (Å²) in [5.41, 5.74) is 4.14. The molecule has 0 saturated carbocycles.